The first-order valence-corrected chi connectivity index (χ1v) is 6.60. The van der Waals surface area contributed by atoms with Crippen molar-refractivity contribution in [2.45, 2.75) is 19.5 Å². The number of nitrogens with one attached hydrogen (secondary N) is 1. The number of pyridine rings is 1. The topological polar surface area (TPSA) is 45.2 Å². The van der Waals surface area contributed by atoms with Gasteiger partial charge in [-0.1, -0.05) is 18.2 Å². The Morgan fingerprint density at radius 3 is 3.11 bits per heavy atom. The van der Waals surface area contributed by atoms with Crippen molar-refractivity contribution in [2.75, 3.05) is 13.1 Å². The lowest BCUT2D eigenvalue weighted by atomic mass is 10.1. The Morgan fingerprint density at radius 2 is 2.21 bits per heavy atom. The molecule has 3 rings (SSSR count). The third-order valence-electron chi connectivity index (χ3n) is 3.61. The van der Waals surface area contributed by atoms with E-state index in [2.05, 4.69) is 16.4 Å². The minimum atomic E-state index is -0.0816. The summed E-state index contributed by atoms with van der Waals surface area (Å²) in [4.78, 5) is 18.4. The molecule has 1 amide bonds. The zero-order valence-electron chi connectivity index (χ0n) is 11.0. The summed E-state index contributed by atoms with van der Waals surface area (Å²) in [6.07, 6.45) is 1.81. The van der Waals surface area contributed by atoms with Gasteiger partial charge in [-0.25, -0.2) is 0 Å². The number of carbonyl (C=O) groups is 1. The molecule has 4 nitrogen and oxygen atoms in total. The summed E-state index contributed by atoms with van der Waals surface area (Å²) in [6, 6.07) is 9.98. The molecule has 1 unspecified atom stereocenters. The molecule has 0 spiro atoms. The van der Waals surface area contributed by atoms with E-state index in [9.17, 15) is 4.79 Å². The number of rotatable bonds is 2. The Labute approximate surface area is 112 Å². The van der Waals surface area contributed by atoms with Crippen LogP contribution in [0.3, 0.4) is 0 Å². The first-order valence-electron chi connectivity index (χ1n) is 6.60. The number of aromatic nitrogens is 1. The van der Waals surface area contributed by atoms with Crippen molar-refractivity contribution in [1.29, 1.82) is 0 Å². The zero-order valence-corrected chi connectivity index (χ0v) is 11.0. The number of carbonyl (C=O) groups excluding carboxylic acids is 1. The van der Waals surface area contributed by atoms with Crippen LogP contribution in [0.2, 0.25) is 0 Å². The summed E-state index contributed by atoms with van der Waals surface area (Å²) in [5, 5.41) is 4.31. The quantitative estimate of drug-likeness (QED) is 0.885. The molecule has 4 heteroatoms. The molecule has 1 aliphatic rings. The highest BCUT2D eigenvalue weighted by molar-refractivity contribution is 5.84. The fraction of sp³-hybridized carbons (Fsp3) is 0.333. The normalized spacial score (nSPS) is 19.9. The fourth-order valence-corrected chi connectivity index (χ4v) is 2.54. The van der Waals surface area contributed by atoms with E-state index in [1.807, 2.05) is 42.3 Å². The van der Waals surface area contributed by atoms with Crippen LogP contribution in [0.5, 0.6) is 0 Å². The molecule has 1 saturated heterocycles. The smallest absolute Gasteiger partial charge is 0.239 e. The summed E-state index contributed by atoms with van der Waals surface area (Å²) in [6.45, 7) is 4.20. The molecule has 0 radical (unpaired) electrons. The zero-order chi connectivity index (χ0) is 13.2. The third kappa shape index (κ3) is 2.31. The number of nitrogens with zero attached hydrogens (tertiary/aromatic N) is 2. The van der Waals surface area contributed by atoms with Crippen LogP contribution in [0.1, 0.15) is 12.5 Å². The van der Waals surface area contributed by atoms with Crippen LogP contribution in [-0.4, -0.2) is 34.9 Å². The maximum Gasteiger partial charge on any atom is 0.239 e. The molecule has 0 bridgehead atoms. The van der Waals surface area contributed by atoms with Gasteiger partial charge < -0.3 is 10.2 Å². The number of hydrogen-bond donors (Lipinski definition) is 1. The molecule has 1 aromatic carbocycles. The van der Waals surface area contributed by atoms with Gasteiger partial charge in [0.15, 0.2) is 0 Å². The summed E-state index contributed by atoms with van der Waals surface area (Å²) in [7, 11) is 0. The Balaban J connectivity index is 1.91. The molecule has 1 fully saturated rings. The number of hydrogen-bond acceptors (Lipinski definition) is 3. The molecule has 0 aliphatic carbocycles. The van der Waals surface area contributed by atoms with Crippen molar-refractivity contribution in [3.8, 4) is 0 Å². The molecular weight excluding hydrogens is 238 g/mol. The molecule has 2 heterocycles. The lowest BCUT2D eigenvalue weighted by molar-refractivity contribution is -0.135. The number of para-hydroxylation sites is 1. The summed E-state index contributed by atoms with van der Waals surface area (Å²) in [5.41, 5.74) is 2.14. The predicted octanol–water partition coefficient (Wildman–Crippen LogP) is 1.56. The molecule has 0 saturated carbocycles. The number of piperazine rings is 1. The van der Waals surface area contributed by atoms with Gasteiger partial charge in [-0.15, -0.1) is 0 Å². The highest BCUT2D eigenvalue weighted by Crippen LogP contribution is 2.18. The van der Waals surface area contributed by atoms with E-state index in [1.54, 1.807) is 0 Å². The Kier molecular flexibility index (Phi) is 3.17. The number of fused-ring (bicyclic) bond motifs is 1. The van der Waals surface area contributed by atoms with Crippen LogP contribution in [0, 0.1) is 0 Å². The Morgan fingerprint density at radius 1 is 1.37 bits per heavy atom. The first-order chi connectivity index (χ1) is 9.25. The van der Waals surface area contributed by atoms with E-state index in [1.165, 1.54) is 0 Å². The Hall–Kier alpha value is -1.94. The maximum absolute atomic E-state index is 12.1. The Bertz CT molecular complexity index is 606. The van der Waals surface area contributed by atoms with E-state index in [0.717, 1.165) is 29.6 Å². The van der Waals surface area contributed by atoms with Gasteiger partial charge in [-0.3, -0.25) is 9.78 Å². The standard InChI is InChI=1S/C15H17N3O/c1-11-15(19)18(9-8-16-11)10-12-6-7-17-14-5-3-2-4-13(12)14/h2-7,11,16H,8-10H2,1H3. The van der Waals surface area contributed by atoms with Gasteiger partial charge in [0.2, 0.25) is 5.91 Å². The van der Waals surface area contributed by atoms with Crippen molar-refractivity contribution < 1.29 is 4.79 Å². The van der Waals surface area contributed by atoms with Gasteiger partial charge in [0.25, 0.3) is 0 Å². The first kappa shape index (κ1) is 12.1. The molecular formula is C15H17N3O. The predicted molar refractivity (Wildman–Crippen MR) is 74.6 cm³/mol. The summed E-state index contributed by atoms with van der Waals surface area (Å²) < 4.78 is 0. The van der Waals surface area contributed by atoms with Crippen LogP contribution < -0.4 is 5.32 Å². The van der Waals surface area contributed by atoms with Crippen molar-refractivity contribution in [1.82, 2.24) is 15.2 Å². The van der Waals surface area contributed by atoms with Gasteiger partial charge in [-0.2, -0.15) is 0 Å². The van der Waals surface area contributed by atoms with Crippen molar-refractivity contribution in [3.63, 3.8) is 0 Å². The van der Waals surface area contributed by atoms with Crippen molar-refractivity contribution >= 4 is 16.8 Å². The average molecular weight is 255 g/mol. The average Bonchev–Trinajstić information content (AvgIpc) is 2.44. The minimum Gasteiger partial charge on any atom is -0.336 e. The maximum atomic E-state index is 12.1. The summed E-state index contributed by atoms with van der Waals surface area (Å²) in [5.74, 6) is 0.173. The second kappa shape index (κ2) is 4.97. The molecule has 98 valence electrons. The van der Waals surface area contributed by atoms with Crippen LogP contribution in [0.4, 0.5) is 0 Å². The largest absolute Gasteiger partial charge is 0.336 e. The van der Waals surface area contributed by atoms with Crippen molar-refractivity contribution in [3.05, 3.63) is 42.1 Å². The molecule has 1 N–H and O–H groups in total. The number of amides is 1. The van der Waals surface area contributed by atoms with Crippen molar-refractivity contribution in [2.24, 2.45) is 0 Å². The highest BCUT2D eigenvalue weighted by atomic mass is 16.2. The van der Waals surface area contributed by atoms with Crippen LogP contribution in [0.15, 0.2) is 36.5 Å². The van der Waals surface area contributed by atoms with Crippen LogP contribution in [0.25, 0.3) is 10.9 Å². The van der Waals surface area contributed by atoms with E-state index in [-0.39, 0.29) is 11.9 Å². The number of benzene rings is 1. The SMILES string of the molecule is CC1NCCN(Cc2ccnc3ccccc23)C1=O. The highest BCUT2D eigenvalue weighted by Gasteiger charge is 2.24. The van der Waals surface area contributed by atoms with Gasteiger partial charge in [-0.05, 0) is 24.6 Å². The third-order valence-corrected chi connectivity index (χ3v) is 3.61. The lowest BCUT2D eigenvalue weighted by Gasteiger charge is -2.31. The van der Waals surface area contributed by atoms with Gasteiger partial charge in [0.1, 0.15) is 0 Å². The van der Waals surface area contributed by atoms with E-state index in [4.69, 9.17) is 0 Å². The van der Waals surface area contributed by atoms with Gasteiger partial charge >= 0.3 is 0 Å². The van der Waals surface area contributed by atoms with Gasteiger partial charge in [0, 0.05) is 31.2 Å². The van der Waals surface area contributed by atoms with Crippen LogP contribution >= 0.6 is 0 Å². The second-order valence-electron chi connectivity index (χ2n) is 4.92. The summed E-state index contributed by atoms with van der Waals surface area (Å²) >= 11 is 0. The minimum absolute atomic E-state index is 0.0816. The monoisotopic (exact) mass is 255 g/mol. The van der Waals surface area contributed by atoms with Gasteiger partial charge in [0.05, 0.1) is 11.6 Å². The molecule has 1 aliphatic heterocycles. The second-order valence-corrected chi connectivity index (χ2v) is 4.92. The van der Waals surface area contributed by atoms with Crippen LogP contribution in [-0.2, 0) is 11.3 Å². The molecule has 19 heavy (non-hydrogen) atoms. The van der Waals surface area contributed by atoms with E-state index in [0.29, 0.717) is 6.54 Å². The molecule has 2 aromatic rings. The van der Waals surface area contributed by atoms with E-state index < -0.39 is 0 Å². The fourth-order valence-electron chi connectivity index (χ4n) is 2.54. The molecule has 1 aromatic heterocycles. The lowest BCUT2D eigenvalue weighted by Crippen LogP contribution is -2.53. The molecule has 1 atom stereocenters. The van der Waals surface area contributed by atoms with E-state index >= 15 is 0 Å².